The Balaban J connectivity index is 2.30. The van der Waals surface area contributed by atoms with E-state index in [1.807, 2.05) is 48.6 Å². The number of fused-ring (bicyclic) bond motifs is 1. The minimum Gasteiger partial charge on any atom is -0.288 e. The predicted molar refractivity (Wildman–Crippen MR) is 81.1 cm³/mol. The minimum absolute atomic E-state index is 0.135. The van der Waals surface area contributed by atoms with Crippen LogP contribution in [0.4, 0.5) is 0 Å². The first-order valence-electron chi connectivity index (χ1n) is 5.65. The molecule has 0 aromatic heterocycles. The van der Waals surface area contributed by atoms with Gasteiger partial charge in [0.05, 0.1) is 0 Å². The van der Waals surface area contributed by atoms with Crippen molar-refractivity contribution in [1.29, 1.82) is 0 Å². The van der Waals surface area contributed by atoms with E-state index < -0.39 is 0 Å². The number of hydrogen-bond acceptors (Lipinski definition) is 2. The molecule has 18 heavy (non-hydrogen) atoms. The SMILES string of the molecule is CC(=O)SCC=Cc1cccc2cccc(Cl)c12. The zero-order valence-corrected chi connectivity index (χ0v) is 11.6. The van der Waals surface area contributed by atoms with Crippen molar-refractivity contribution in [3.8, 4) is 0 Å². The zero-order valence-electron chi connectivity index (χ0n) is 10.0. The highest BCUT2D eigenvalue weighted by Crippen LogP contribution is 2.27. The third-order valence-electron chi connectivity index (χ3n) is 2.57. The van der Waals surface area contributed by atoms with Crippen LogP contribution in [0.5, 0.6) is 0 Å². The molecule has 2 aromatic carbocycles. The summed E-state index contributed by atoms with van der Waals surface area (Å²) >= 11 is 7.53. The van der Waals surface area contributed by atoms with Crippen LogP contribution in [0.2, 0.25) is 5.02 Å². The van der Waals surface area contributed by atoms with Crippen LogP contribution in [0.25, 0.3) is 16.8 Å². The quantitative estimate of drug-likeness (QED) is 0.802. The number of halogens is 1. The molecule has 0 atom stereocenters. The van der Waals surface area contributed by atoms with Gasteiger partial charge in [0.25, 0.3) is 0 Å². The van der Waals surface area contributed by atoms with Crippen molar-refractivity contribution in [2.45, 2.75) is 6.92 Å². The van der Waals surface area contributed by atoms with Crippen molar-refractivity contribution in [1.82, 2.24) is 0 Å². The first-order valence-corrected chi connectivity index (χ1v) is 7.02. The molecular weight excluding hydrogens is 264 g/mol. The summed E-state index contributed by atoms with van der Waals surface area (Å²) < 4.78 is 0. The molecule has 0 saturated carbocycles. The van der Waals surface area contributed by atoms with Gasteiger partial charge in [-0.25, -0.2) is 0 Å². The Labute approximate surface area is 116 Å². The Morgan fingerprint density at radius 1 is 1.28 bits per heavy atom. The van der Waals surface area contributed by atoms with E-state index in [-0.39, 0.29) is 5.12 Å². The number of thioether (sulfide) groups is 1. The predicted octanol–water partition coefficient (Wildman–Crippen LogP) is 4.79. The fourth-order valence-corrected chi connectivity index (χ4v) is 2.52. The first-order chi connectivity index (χ1) is 8.68. The molecule has 2 rings (SSSR count). The smallest absolute Gasteiger partial charge is 0.186 e. The van der Waals surface area contributed by atoms with Crippen LogP contribution >= 0.6 is 23.4 Å². The lowest BCUT2D eigenvalue weighted by Gasteiger charge is -2.04. The van der Waals surface area contributed by atoms with Gasteiger partial charge in [-0.3, -0.25) is 4.79 Å². The fraction of sp³-hybridized carbons (Fsp3) is 0.133. The van der Waals surface area contributed by atoms with E-state index in [1.54, 1.807) is 6.92 Å². The third kappa shape index (κ3) is 3.15. The van der Waals surface area contributed by atoms with Gasteiger partial charge in [-0.05, 0) is 17.0 Å². The average molecular weight is 277 g/mol. The molecule has 0 saturated heterocycles. The number of benzene rings is 2. The molecule has 0 heterocycles. The molecule has 0 aliphatic rings. The summed E-state index contributed by atoms with van der Waals surface area (Å²) in [4.78, 5) is 10.8. The second-order valence-electron chi connectivity index (χ2n) is 3.89. The van der Waals surface area contributed by atoms with Crippen LogP contribution < -0.4 is 0 Å². The highest BCUT2D eigenvalue weighted by molar-refractivity contribution is 8.13. The van der Waals surface area contributed by atoms with Gasteiger partial charge in [-0.15, -0.1) is 0 Å². The van der Waals surface area contributed by atoms with Crippen LogP contribution in [0.1, 0.15) is 12.5 Å². The summed E-state index contributed by atoms with van der Waals surface area (Å²) in [7, 11) is 0. The van der Waals surface area contributed by atoms with Crippen LogP contribution in [-0.2, 0) is 4.79 Å². The lowest BCUT2D eigenvalue weighted by atomic mass is 10.0. The first kappa shape index (κ1) is 13.2. The Morgan fingerprint density at radius 3 is 2.72 bits per heavy atom. The molecule has 0 amide bonds. The van der Waals surface area contributed by atoms with Crippen molar-refractivity contribution in [2.24, 2.45) is 0 Å². The molecule has 0 unspecified atom stereocenters. The van der Waals surface area contributed by atoms with Gasteiger partial charge in [0.2, 0.25) is 0 Å². The number of carbonyl (C=O) groups excluding carboxylic acids is 1. The maximum absolute atomic E-state index is 10.8. The van der Waals surface area contributed by atoms with Gasteiger partial charge in [0.15, 0.2) is 5.12 Å². The number of hydrogen-bond donors (Lipinski definition) is 0. The summed E-state index contributed by atoms with van der Waals surface area (Å²) in [5.41, 5.74) is 1.09. The second-order valence-corrected chi connectivity index (χ2v) is 5.49. The standard InChI is InChI=1S/C15H13ClOS/c1-11(17)18-10-4-8-13-6-2-5-12-7-3-9-14(16)15(12)13/h2-9H,10H2,1H3. The summed E-state index contributed by atoms with van der Waals surface area (Å²) in [6.07, 6.45) is 4.01. The van der Waals surface area contributed by atoms with Gasteiger partial charge in [0.1, 0.15) is 0 Å². The van der Waals surface area contributed by atoms with Gasteiger partial charge >= 0.3 is 0 Å². The van der Waals surface area contributed by atoms with Crippen LogP contribution in [0.15, 0.2) is 42.5 Å². The van der Waals surface area contributed by atoms with E-state index >= 15 is 0 Å². The lowest BCUT2D eigenvalue weighted by Crippen LogP contribution is -1.83. The van der Waals surface area contributed by atoms with E-state index in [0.717, 1.165) is 21.4 Å². The fourth-order valence-electron chi connectivity index (χ4n) is 1.80. The summed E-state index contributed by atoms with van der Waals surface area (Å²) in [5, 5.41) is 3.08. The Morgan fingerprint density at radius 2 is 2.00 bits per heavy atom. The van der Waals surface area contributed by atoms with E-state index in [4.69, 9.17) is 11.6 Å². The average Bonchev–Trinajstić information content (AvgIpc) is 2.34. The van der Waals surface area contributed by atoms with Crippen molar-refractivity contribution < 1.29 is 4.79 Å². The van der Waals surface area contributed by atoms with Gasteiger partial charge in [-0.1, -0.05) is 65.8 Å². The van der Waals surface area contributed by atoms with Crippen molar-refractivity contribution >= 4 is 45.3 Å². The van der Waals surface area contributed by atoms with E-state index in [0.29, 0.717) is 5.75 Å². The molecule has 1 nitrogen and oxygen atoms in total. The van der Waals surface area contributed by atoms with Crippen molar-refractivity contribution in [2.75, 3.05) is 5.75 Å². The highest BCUT2D eigenvalue weighted by atomic mass is 35.5. The monoisotopic (exact) mass is 276 g/mol. The van der Waals surface area contributed by atoms with E-state index in [9.17, 15) is 4.79 Å². The Hall–Kier alpha value is -1.25. The summed E-state index contributed by atoms with van der Waals surface area (Å²) in [5.74, 6) is 0.691. The molecule has 92 valence electrons. The molecule has 0 spiro atoms. The van der Waals surface area contributed by atoms with E-state index in [2.05, 4.69) is 0 Å². The van der Waals surface area contributed by atoms with Crippen LogP contribution in [0, 0.1) is 0 Å². The molecule has 0 radical (unpaired) electrons. The number of rotatable bonds is 3. The minimum atomic E-state index is 0.135. The molecule has 0 fully saturated rings. The molecule has 0 N–H and O–H groups in total. The molecule has 2 aromatic rings. The van der Waals surface area contributed by atoms with Crippen LogP contribution in [0.3, 0.4) is 0 Å². The highest BCUT2D eigenvalue weighted by Gasteiger charge is 2.01. The second kappa shape index (κ2) is 6.07. The molecule has 0 bridgehead atoms. The molecule has 0 aliphatic heterocycles. The maximum Gasteiger partial charge on any atom is 0.186 e. The summed E-state index contributed by atoms with van der Waals surface area (Å²) in [6.45, 7) is 1.58. The van der Waals surface area contributed by atoms with Gasteiger partial charge < -0.3 is 0 Å². The molecular formula is C15H13ClOS. The maximum atomic E-state index is 10.8. The Kier molecular flexibility index (Phi) is 4.45. The van der Waals surface area contributed by atoms with Gasteiger partial charge in [-0.2, -0.15) is 0 Å². The van der Waals surface area contributed by atoms with Gasteiger partial charge in [0, 0.05) is 23.1 Å². The third-order valence-corrected chi connectivity index (χ3v) is 3.65. The largest absolute Gasteiger partial charge is 0.288 e. The Bertz CT molecular complexity index is 599. The lowest BCUT2D eigenvalue weighted by molar-refractivity contribution is -0.109. The van der Waals surface area contributed by atoms with E-state index in [1.165, 1.54) is 11.8 Å². The van der Waals surface area contributed by atoms with Crippen molar-refractivity contribution in [3.63, 3.8) is 0 Å². The molecule has 3 heteroatoms. The normalized spacial score (nSPS) is 11.2. The number of carbonyl (C=O) groups is 1. The van der Waals surface area contributed by atoms with Crippen LogP contribution in [-0.4, -0.2) is 10.9 Å². The zero-order chi connectivity index (χ0) is 13.0. The topological polar surface area (TPSA) is 17.1 Å². The molecule has 0 aliphatic carbocycles. The summed E-state index contributed by atoms with van der Waals surface area (Å²) in [6, 6.07) is 12.0. The van der Waals surface area contributed by atoms with Crippen molar-refractivity contribution in [3.05, 3.63) is 53.1 Å².